The average molecular weight is 283 g/mol. The molecule has 1 N–H and O–H groups in total. The van der Waals surface area contributed by atoms with Crippen LogP contribution in [0.4, 0.5) is 5.69 Å². The number of rotatable bonds is 4. The van der Waals surface area contributed by atoms with Crippen molar-refractivity contribution in [2.75, 3.05) is 6.61 Å². The molecule has 2 atom stereocenters. The molecule has 2 unspecified atom stereocenters. The Balaban J connectivity index is 2.25. The fourth-order valence-corrected chi connectivity index (χ4v) is 3.12. The first-order chi connectivity index (χ1) is 8.99. The molecule has 1 fully saturated rings. The van der Waals surface area contributed by atoms with Gasteiger partial charge in [0.15, 0.2) is 0 Å². The lowest BCUT2D eigenvalue weighted by Gasteiger charge is -2.13. The number of carboxylic acid groups (broad SMARTS) is 1. The van der Waals surface area contributed by atoms with Gasteiger partial charge in [-0.2, -0.15) is 0 Å². The highest BCUT2D eigenvalue weighted by molar-refractivity contribution is 8.00. The fourth-order valence-electron chi connectivity index (χ4n) is 1.96. The quantitative estimate of drug-likeness (QED) is 0.674. The van der Waals surface area contributed by atoms with Crippen molar-refractivity contribution in [3.8, 4) is 0 Å². The van der Waals surface area contributed by atoms with Crippen molar-refractivity contribution >= 4 is 23.4 Å². The summed E-state index contributed by atoms with van der Waals surface area (Å²) in [6, 6.07) is 4.20. The van der Waals surface area contributed by atoms with Crippen LogP contribution in [0.15, 0.2) is 23.1 Å². The van der Waals surface area contributed by atoms with Crippen LogP contribution in [0.1, 0.15) is 23.7 Å². The lowest BCUT2D eigenvalue weighted by Crippen LogP contribution is -2.13. The number of carboxylic acids is 1. The van der Waals surface area contributed by atoms with Crippen molar-refractivity contribution in [3.63, 3.8) is 0 Å². The maximum absolute atomic E-state index is 10.9. The van der Waals surface area contributed by atoms with Crippen LogP contribution in [0, 0.1) is 10.1 Å². The average Bonchev–Trinajstić information content (AvgIpc) is 2.74. The van der Waals surface area contributed by atoms with E-state index in [0.29, 0.717) is 11.5 Å². The predicted octanol–water partition coefficient (Wildman–Crippen LogP) is 2.56. The Labute approximate surface area is 113 Å². The lowest BCUT2D eigenvalue weighted by atomic mass is 10.2. The SMILES string of the molecule is CC1OCCC1Sc1ccc(C(=O)O)c([N+](=O)[O-])c1. The van der Waals surface area contributed by atoms with Crippen molar-refractivity contribution < 1.29 is 19.6 Å². The molecule has 0 spiro atoms. The molecule has 0 saturated carbocycles. The first kappa shape index (κ1) is 13.8. The Morgan fingerprint density at radius 1 is 1.58 bits per heavy atom. The minimum absolute atomic E-state index is 0.100. The Bertz CT molecular complexity index is 519. The predicted molar refractivity (Wildman–Crippen MR) is 69.7 cm³/mol. The molecule has 7 heteroatoms. The number of hydrogen-bond acceptors (Lipinski definition) is 5. The maximum Gasteiger partial charge on any atom is 0.342 e. The third-order valence-corrected chi connectivity index (χ3v) is 4.44. The summed E-state index contributed by atoms with van der Waals surface area (Å²) in [6.07, 6.45) is 0.989. The van der Waals surface area contributed by atoms with Crippen LogP contribution >= 0.6 is 11.8 Å². The van der Waals surface area contributed by atoms with E-state index in [-0.39, 0.29) is 22.6 Å². The summed E-state index contributed by atoms with van der Waals surface area (Å²) in [7, 11) is 0. The van der Waals surface area contributed by atoms with E-state index < -0.39 is 10.9 Å². The van der Waals surface area contributed by atoms with Gasteiger partial charge < -0.3 is 9.84 Å². The molecule has 102 valence electrons. The number of nitro benzene ring substituents is 1. The number of aromatic carboxylic acids is 1. The third-order valence-electron chi connectivity index (χ3n) is 2.99. The summed E-state index contributed by atoms with van der Waals surface area (Å²) in [5.41, 5.74) is -0.658. The highest BCUT2D eigenvalue weighted by atomic mass is 32.2. The van der Waals surface area contributed by atoms with Gasteiger partial charge in [0.2, 0.25) is 0 Å². The molecule has 1 aromatic rings. The van der Waals surface area contributed by atoms with Gasteiger partial charge in [-0.15, -0.1) is 11.8 Å². The molecule has 2 rings (SSSR count). The molecular formula is C12H13NO5S. The molecule has 19 heavy (non-hydrogen) atoms. The third kappa shape index (κ3) is 3.05. The van der Waals surface area contributed by atoms with Gasteiger partial charge in [-0.1, -0.05) is 0 Å². The van der Waals surface area contributed by atoms with Gasteiger partial charge in [-0.05, 0) is 25.5 Å². The maximum atomic E-state index is 10.9. The number of ether oxygens (including phenoxy) is 1. The first-order valence-electron chi connectivity index (χ1n) is 5.79. The summed E-state index contributed by atoms with van der Waals surface area (Å²) in [4.78, 5) is 21.8. The van der Waals surface area contributed by atoms with Crippen LogP contribution in [-0.2, 0) is 4.74 Å². The fraction of sp³-hybridized carbons (Fsp3) is 0.417. The highest BCUT2D eigenvalue weighted by Crippen LogP contribution is 2.35. The molecule has 1 aromatic carbocycles. The Morgan fingerprint density at radius 3 is 2.84 bits per heavy atom. The summed E-state index contributed by atoms with van der Waals surface area (Å²) >= 11 is 1.49. The van der Waals surface area contributed by atoms with Gasteiger partial charge in [-0.25, -0.2) is 4.79 Å². The number of nitrogens with zero attached hydrogens (tertiary/aromatic N) is 1. The minimum atomic E-state index is -1.29. The van der Waals surface area contributed by atoms with E-state index in [0.717, 1.165) is 6.42 Å². The van der Waals surface area contributed by atoms with Crippen LogP contribution in [0.5, 0.6) is 0 Å². The van der Waals surface area contributed by atoms with Gasteiger partial charge in [0.25, 0.3) is 5.69 Å². The second kappa shape index (κ2) is 5.58. The molecule has 0 aromatic heterocycles. The van der Waals surface area contributed by atoms with Crippen LogP contribution in [-0.4, -0.2) is 34.0 Å². The van der Waals surface area contributed by atoms with Gasteiger partial charge in [0, 0.05) is 22.8 Å². The summed E-state index contributed by atoms with van der Waals surface area (Å²) in [5, 5.41) is 20.0. The second-order valence-corrected chi connectivity index (χ2v) is 5.57. The zero-order valence-corrected chi connectivity index (χ0v) is 11.1. The van der Waals surface area contributed by atoms with E-state index in [2.05, 4.69) is 0 Å². The normalized spacial score (nSPS) is 22.4. The van der Waals surface area contributed by atoms with Gasteiger partial charge in [0.1, 0.15) is 5.56 Å². The van der Waals surface area contributed by atoms with Crippen LogP contribution in [0.25, 0.3) is 0 Å². The molecule has 1 aliphatic rings. The monoisotopic (exact) mass is 283 g/mol. The standard InChI is InChI=1S/C12H13NO5S/c1-7-11(4-5-18-7)19-8-2-3-9(12(14)15)10(6-8)13(16)17/h2-3,6-7,11H,4-5H2,1H3,(H,14,15). The zero-order valence-electron chi connectivity index (χ0n) is 10.2. The van der Waals surface area contributed by atoms with Crippen molar-refractivity contribution in [3.05, 3.63) is 33.9 Å². The molecule has 0 bridgehead atoms. The van der Waals surface area contributed by atoms with E-state index in [1.54, 1.807) is 6.07 Å². The van der Waals surface area contributed by atoms with E-state index in [9.17, 15) is 14.9 Å². The summed E-state index contributed by atoms with van der Waals surface area (Å²) in [5.74, 6) is -1.29. The van der Waals surface area contributed by atoms with Crippen LogP contribution in [0.3, 0.4) is 0 Å². The molecule has 1 aliphatic heterocycles. The van der Waals surface area contributed by atoms with Crippen molar-refractivity contribution in [2.24, 2.45) is 0 Å². The second-order valence-electron chi connectivity index (χ2n) is 4.26. The zero-order chi connectivity index (χ0) is 14.0. The Kier molecular flexibility index (Phi) is 4.06. The van der Waals surface area contributed by atoms with E-state index in [1.165, 1.54) is 23.9 Å². The number of hydrogen-bond donors (Lipinski definition) is 1. The molecule has 6 nitrogen and oxygen atoms in total. The van der Waals surface area contributed by atoms with Crippen molar-refractivity contribution in [1.29, 1.82) is 0 Å². The number of benzene rings is 1. The minimum Gasteiger partial charge on any atom is -0.477 e. The summed E-state index contributed by atoms with van der Waals surface area (Å²) < 4.78 is 5.43. The highest BCUT2D eigenvalue weighted by Gasteiger charge is 2.27. The number of nitro groups is 1. The molecule has 1 heterocycles. The molecule has 0 radical (unpaired) electrons. The number of thioether (sulfide) groups is 1. The Morgan fingerprint density at radius 2 is 2.32 bits per heavy atom. The molecule has 1 saturated heterocycles. The van der Waals surface area contributed by atoms with Gasteiger partial charge >= 0.3 is 5.97 Å². The topological polar surface area (TPSA) is 89.7 Å². The van der Waals surface area contributed by atoms with E-state index in [4.69, 9.17) is 9.84 Å². The molecule has 0 aliphatic carbocycles. The Hall–Kier alpha value is -1.60. The van der Waals surface area contributed by atoms with E-state index in [1.807, 2.05) is 6.92 Å². The van der Waals surface area contributed by atoms with Gasteiger partial charge in [0.05, 0.1) is 11.0 Å². The molecular weight excluding hydrogens is 270 g/mol. The lowest BCUT2D eigenvalue weighted by molar-refractivity contribution is -0.385. The number of carbonyl (C=O) groups is 1. The molecule has 0 amide bonds. The van der Waals surface area contributed by atoms with Crippen molar-refractivity contribution in [2.45, 2.75) is 29.6 Å². The largest absolute Gasteiger partial charge is 0.477 e. The first-order valence-corrected chi connectivity index (χ1v) is 6.67. The smallest absolute Gasteiger partial charge is 0.342 e. The van der Waals surface area contributed by atoms with Crippen LogP contribution < -0.4 is 0 Å². The van der Waals surface area contributed by atoms with Crippen LogP contribution in [0.2, 0.25) is 0 Å². The van der Waals surface area contributed by atoms with E-state index >= 15 is 0 Å². The van der Waals surface area contributed by atoms with Crippen molar-refractivity contribution in [1.82, 2.24) is 0 Å². The summed E-state index contributed by atoms with van der Waals surface area (Å²) in [6.45, 7) is 2.65. The van der Waals surface area contributed by atoms with Gasteiger partial charge in [-0.3, -0.25) is 10.1 Å².